The summed E-state index contributed by atoms with van der Waals surface area (Å²) >= 11 is 0. The average Bonchev–Trinajstić information content (AvgIpc) is 3.39. The Morgan fingerprint density at radius 3 is 2.54 bits per heavy atom. The Labute approximate surface area is 166 Å². The smallest absolute Gasteiger partial charge is 0.270 e. The minimum atomic E-state index is -3.25. The summed E-state index contributed by atoms with van der Waals surface area (Å²) in [6.07, 6.45) is 3.99. The van der Waals surface area contributed by atoms with Gasteiger partial charge in [-0.15, -0.1) is 0 Å². The van der Waals surface area contributed by atoms with Crippen LogP contribution in [0.1, 0.15) is 55.2 Å². The number of amides is 1. The summed E-state index contributed by atoms with van der Waals surface area (Å²) in [5, 5.41) is 7.55. The Morgan fingerprint density at radius 2 is 1.96 bits per heavy atom. The fourth-order valence-corrected chi connectivity index (χ4v) is 4.47. The van der Waals surface area contributed by atoms with Gasteiger partial charge in [0.2, 0.25) is 10.0 Å². The molecule has 8 heteroatoms. The van der Waals surface area contributed by atoms with Crippen LogP contribution in [0.5, 0.6) is 0 Å². The molecule has 1 aromatic carbocycles. The molecule has 1 saturated carbocycles. The van der Waals surface area contributed by atoms with Gasteiger partial charge < -0.3 is 5.32 Å². The van der Waals surface area contributed by atoms with Gasteiger partial charge in [0.15, 0.2) is 0 Å². The van der Waals surface area contributed by atoms with Gasteiger partial charge in [-0.1, -0.05) is 18.2 Å². The van der Waals surface area contributed by atoms with Crippen molar-refractivity contribution in [2.45, 2.75) is 45.1 Å². The molecule has 152 valence electrons. The van der Waals surface area contributed by atoms with Crippen LogP contribution in [0.25, 0.3) is 5.69 Å². The first-order valence-corrected chi connectivity index (χ1v) is 11.5. The van der Waals surface area contributed by atoms with Crippen LogP contribution in [-0.2, 0) is 10.0 Å². The number of sulfonamides is 1. The molecule has 1 N–H and O–H groups in total. The molecule has 0 unspecified atom stereocenters. The van der Waals surface area contributed by atoms with E-state index in [1.807, 2.05) is 50.2 Å². The second-order valence-corrected chi connectivity index (χ2v) is 9.49. The maximum atomic E-state index is 12.8. The zero-order valence-electron chi connectivity index (χ0n) is 16.6. The highest BCUT2D eigenvalue weighted by atomic mass is 32.2. The third kappa shape index (κ3) is 4.99. The first-order valence-electron chi connectivity index (χ1n) is 9.67. The van der Waals surface area contributed by atoms with E-state index in [9.17, 15) is 13.2 Å². The zero-order valence-corrected chi connectivity index (χ0v) is 17.4. The lowest BCUT2D eigenvalue weighted by molar-refractivity contribution is 0.0945. The third-order valence-electron chi connectivity index (χ3n) is 4.80. The molecule has 2 aromatic rings. The lowest BCUT2D eigenvalue weighted by Gasteiger charge is -2.23. The summed E-state index contributed by atoms with van der Waals surface area (Å²) in [7, 11) is -3.25. The van der Waals surface area contributed by atoms with E-state index in [1.54, 1.807) is 4.68 Å². The van der Waals surface area contributed by atoms with Crippen molar-refractivity contribution < 1.29 is 13.2 Å². The molecule has 1 fully saturated rings. The van der Waals surface area contributed by atoms with E-state index in [2.05, 4.69) is 10.4 Å². The van der Waals surface area contributed by atoms with Crippen LogP contribution < -0.4 is 5.32 Å². The van der Waals surface area contributed by atoms with E-state index in [-0.39, 0.29) is 11.9 Å². The van der Waals surface area contributed by atoms with Crippen molar-refractivity contribution in [3.8, 4) is 5.69 Å². The van der Waals surface area contributed by atoms with Crippen LogP contribution >= 0.6 is 0 Å². The van der Waals surface area contributed by atoms with Crippen LogP contribution in [0.4, 0.5) is 0 Å². The van der Waals surface area contributed by atoms with Gasteiger partial charge in [-0.25, -0.2) is 13.1 Å². The number of hydrogen-bond acceptors (Lipinski definition) is 4. The molecule has 0 atom stereocenters. The second-order valence-electron chi connectivity index (χ2n) is 7.55. The van der Waals surface area contributed by atoms with Crippen LogP contribution in [0.2, 0.25) is 0 Å². The molecule has 0 aliphatic heterocycles. The number of rotatable bonds is 9. The van der Waals surface area contributed by atoms with Gasteiger partial charge in [-0.05, 0) is 51.3 Å². The molecular weight excluding hydrogens is 376 g/mol. The summed E-state index contributed by atoms with van der Waals surface area (Å²) in [4.78, 5) is 12.8. The SMILES string of the molecule is CC(C)N(CCCNC(=O)c1cc(C2CC2)nn1-c1ccccc1)S(C)(=O)=O. The van der Waals surface area contributed by atoms with Crippen LogP contribution in [0.3, 0.4) is 0 Å². The highest BCUT2D eigenvalue weighted by Gasteiger charge is 2.29. The highest BCUT2D eigenvalue weighted by Crippen LogP contribution is 2.39. The summed E-state index contributed by atoms with van der Waals surface area (Å²) in [6, 6.07) is 11.4. The predicted molar refractivity (Wildman–Crippen MR) is 109 cm³/mol. The monoisotopic (exact) mass is 404 g/mol. The second kappa shape index (κ2) is 8.45. The standard InChI is InChI=1S/C20H28N4O3S/c1-15(2)23(28(3,26)27)13-7-12-21-20(25)19-14-18(16-10-11-16)22-24(19)17-8-5-4-6-9-17/h4-6,8-9,14-16H,7,10-13H2,1-3H3,(H,21,25). The quantitative estimate of drug-likeness (QED) is 0.651. The number of benzene rings is 1. The molecular formula is C20H28N4O3S. The van der Waals surface area contributed by atoms with E-state index < -0.39 is 10.0 Å². The first kappa shape index (κ1) is 20.5. The lowest BCUT2D eigenvalue weighted by Crippen LogP contribution is -2.38. The molecule has 1 aliphatic rings. The Morgan fingerprint density at radius 1 is 1.29 bits per heavy atom. The molecule has 28 heavy (non-hydrogen) atoms. The summed E-state index contributed by atoms with van der Waals surface area (Å²) in [5.41, 5.74) is 2.32. The predicted octanol–water partition coefficient (Wildman–Crippen LogP) is 2.54. The van der Waals surface area contributed by atoms with Gasteiger partial charge in [0, 0.05) is 25.0 Å². The topological polar surface area (TPSA) is 84.3 Å². The van der Waals surface area contributed by atoms with Gasteiger partial charge in [0.1, 0.15) is 5.69 Å². The van der Waals surface area contributed by atoms with Crippen molar-refractivity contribution in [3.63, 3.8) is 0 Å². The third-order valence-corrected chi connectivity index (χ3v) is 6.26. The molecule has 1 amide bonds. The van der Waals surface area contributed by atoms with E-state index in [0.717, 1.165) is 24.2 Å². The van der Waals surface area contributed by atoms with E-state index in [1.165, 1.54) is 10.6 Å². The normalized spacial score (nSPS) is 14.6. The molecule has 0 radical (unpaired) electrons. The van der Waals surface area contributed by atoms with Crippen molar-refractivity contribution in [1.29, 1.82) is 0 Å². The van der Waals surface area contributed by atoms with E-state index in [4.69, 9.17) is 0 Å². The molecule has 1 heterocycles. The maximum Gasteiger partial charge on any atom is 0.270 e. The van der Waals surface area contributed by atoms with Crippen molar-refractivity contribution >= 4 is 15.9 Å². The first-order chi connectivity index (χ1) is 13.3. The lowest BCUT2D eigenvalue weighted by atomic mass is 10.2. The van der Waals surface area contributed by atoms with Gasteiger partial charge in [0.05, 0.1) is 17.6 Å². The summed E-state index contributed by atoms with van der Waals surface area (Å²) in [6.45, 7) is 4.47. The molecule has 0 saturated heterocycles. The Balaban J connectivity index is 1.66. The van der Waals surface area contributed by atoms with Crippen molar-refractivity contribution in [2.75, 3.05) is 19.3 Å². The van der Waals surface area contributed by atoms with E-state index >= 15 is 0 Å². The van der Waals surface area contributed by atoms with Gasteiger partial charge in [-0.3, -0.25) is 4.79 Å². The summed E-state index contributed by atoms with van der Waals surface area (Å²) < 4.78 is 26.8. The molecule has 0 bridgehead atoms. The Hall–Kier alpha value is -2.19. The largest absolute Gasteiger partial charge is 0.351 e. The van der Waals surface area contributed by atoms with Crippen molar-refractivity contribution in [3.05, 3.63) is 47.8 Å². The number of nitrogens with one attached hydrogen (secondary N) is 1. The molecule has 1 aromatic heterocycles. The van der Waals surface area contributed by atoms with E-state index in [0.29, 0.717) is 31.1 Å². The van der Waals surface area contributed by atoms with Gasteiger partial charge in [-0.2, -0.15) is 9.40 Å². The number of carbonyl (C=O) groups excluding carboxylic acids is 1. The van der Waals surface area contributed by atoms with Crippen LogP contribution in [-0.4, -0.2) is 53.8 Å². The summed E-state index contributed by atoms with van der Waals surface area (Å²) in [5.74, 6) is 0.254. The Kier molecular flexibility index (Phi) is 6.20. The highest BCUT2D eigenvalue weighted by molar-refractivity contribution is 7.88. The minimum absolute atomic E-state index is 0.105. The van der Waals surface area contributed by atoms with Crippen molar-refractivity contribution in [1.82, 2.24) is 19.4 Å². The fourth-order valence-electron chi connectivity index (χ4n) is 3.24. The van der Waals surface area contributed by atoms with Crippen molar-refractivity contribution in [2.24, 2.45) is 0 Å². The van der Waals surface area contributed by atoms with Gasteiger partial charge >= 0.3 is 0 Å². The molecule has 3 rings (SSSR count). The van der Waals surface area contributed by atoms with Crippen LogP contribution in [0.15, 0.2) is 36.4 Å². The van der Waals surface area contributed by atoms with Gasteiger partial charge in [0.25, 0.3) is 5.91 Å². The van der Waals surface area contributed by atoms with Crippen LogP contribution in [0, 0.1) is 0 Å². The maximum absolute atomic E-state index is 12.8. The fraction of sp³-hybridized carbons (Fsp3) is 0.500. The number of nitrogens with zero attached hydrogens (tertiary/aromatic N) is 3. The number of hydrogen-bond donors (Lipinski definition) is 1. The molecule has 1 aliphatic carbocycles. The number of para-hydroxylation sites is 1. The minimum Gasteiger partial charge on any atom is -0.351 e. The molecule has 7 nitrogen and oxygen atoms in total. The number of aromatic nitrogens is 2. The Bertz CT molecular complexity index is 918. The zero-order chi connectivity index (χ0) is 20.3. The number of carbonyl (C=O) groups is 1. The average molecular weight is 405 g/mol. The molecule has 0 spiro atoms.